The number of pyridine rings is 1. The normalized spacial score (nSPS) is 10.8. The van der Waals surface area contributed by atoms with E-state index in [4.69, 9.17) is 4.74 Å². The second-order valence-corrected chi connectivity index (χ2v) is 4.50. The quantitative estimate of drug-likeness (QED) is 0.780. The molecule has 0 amide bonds. The molecule has 0 atom stereocenters. The lowest BCUT2D eigenvalue weighted by atomic mass is 10.1. The molecule has 0 fully saturated rings. The zero-order valence-corrected chi connectivity index (χ0v) is 11.0. The molecule has 0 unspecified atom stereocenters. The van der Waals surface area contributed by atoms with Crippen LogP contribution >= 0.6 is 0 Å². The number of imidazole rings is 1. The number of H-pyrrole nitrogens is 1. The van der Waals surface area contributed by atoms with E-state index in [2.05, 4.69) is 21.9 Å². The third kappa shape index (κ3) is 2.17. The van der Waals surface area contributed by atoms with Crippen LogP contribution in [0.2, 0.25) is 0 Å². The van der Waals surface area contributed by atoms with Crippen LogP contribution in [0, 0.1) is 6.92 Å². The number of nitrogens with one attached hydrogen (secondary N) is 1. The Hall–Kier alpha value is -2.36. The summed E-state index contributed by atoms with van der Waals surface area (Å²) in [5, 5.41) is 0. The molecule has 0 aliphatic carbocycles. The predicted octanol–water partition coefficient (Wildman–Crippen LogP) is 2.87. The smallest absolute Gasteiger partial charge is 0.177 e. The van der Waals surface area contributed by atoms with Crippen molar-refractivity contribution < 1.29 is 4.74 Å². The van der Waals surface area contributed by atoms with Crippen molar-refractivity contribution >= 4 is 11.2 Å². The highest BCUT2D eigenvalue weighted by Gasteiger charge is 2.09. The number of nitrogens with zero attached hydrogens (tertiary/aromatic N) is 2. The van der Waals surface area contributed by atoms with Gasteiger partial charge in [0.25, 0.3) is 0 Å². The topological polar surface area (TPSA) is 50.8 Å². The Morgan fingerprint density at radius 1 is 1.21 bits per heavy atom. The Morgan fingerprint density at radius 2 is 2.05 bits per heavy atom. The predicted molar refractivity (Wildman–Crippen MR) is 74.4 cm³/mol. The van der Waals surface area contributed by atoms with E-state index in [1.807, 2.05) is 30.3 Å². The lowest BCUT2D eigenvalue weighted by molar-refractivity contribution is 0.410. The van der Waals surface area contributed by atoms with E-state index in [-0.39, 0.29) is 0 Å². The zero-order chi connectivity index (χ0) is 13.2. The summed E-state index contributed by atoms with van der Waals surface area (Å²) in [6, 6.07) is 9.96. The molecule has 0 aliphatic heterocycles. The third-order valence-corrected chi connectivity index (χ3v) is 3.20. The summed E-state index contributed by atoms with van der Waals surface area (Å²) in [7, 11) is 1.68. The summed E-state index contributed by atoms with van der Waals surface area (Å²) in [4.78, 5) is 12.1. The molecule has 4 nitrogen and oxygen atoms in total. The van der Waals surface area contributed by atoms with Gasteiger partial charge in [-0.25, -0.2) is 9.97 Å². The molecule has 0 saturated carbocycles. The number of hydrogen-bond donors (Lipinski definition) is 1. The highest BCUT2D eigenvalue weighted by molar-refractivity contribution is 5.74. The molecule has 3 rings (SSSR count). The van der Waals surface area contributed by atoms with Crippen LogP contribution in [0.4, 0.5) is 0 Å². The van der Waals surface area contributed by atoms with Gasteiger partial charge in [0.2, 0.25) is 0 Å². The first-order valence-corrected chi connectivity index (χ1v) is 6.20. The molecule has 2 heterocycles. The van der Waals surface area contributed by atoms with E-state index in [9.17, 15) is 0 Å². The molecule has 4 heteroatoms. The highest BCUT2D eigenvalue weighted by Crippen LogP contribution is 2.21. The van der Waals surface area contributed by atoms with Gasteiger partial charge in [-0.1, -0.05) is 18.2 Å². The van der Waals surface area contributed by atoms with Gasteiger partial charge in [-0.2, -0.15) is 0 Å². The molecule has 2 aromatic heterocycles. The molecule has 0 aliphatic rings. The number of fused-ring (bicyclic) bond motifs is 1. The monoisotopic (exact) mass is 253 g/mol. The number of benzene rings is 1. The highest BCUT2D eigenvalue weighted by atomic mass is 16.5. The molecular weight excluding hydrogens is 238 g/mol. The lowest BCUT2D eigenvalue weighted by Crippen LogP contribution is -1.95. The molecule has 0 radical (unpaired) electrons. The first-order chi connectivity index (χ1) is 9.28. The minimum absolute atomic E-state index is 0.708. The number of ether oxygens (including phenoxy) is 1. The number of para-hydroxylation sites is 1. The number of aromatic nitrogens is 3. The Bertz CT molecular complexity index is 718. The maximum atomic E-state index is 5.36. The van der Waals surface area contributed by atoms with Gasteiger partial charge in [-0.05, 0) is 24.6 Å². The molecule has 0 spiro atoms. The first-order valence-electron chi connectivity index (χ1n) is 6.20. The molecule has 1 aromatic carbocycles. The van der Waals surface area contributed by atoms with E-state index < -0.39 is 0 Å². The Kier molecular flexibility index (Phi) is 2.91. The number of aryl methyl sites for hydroxylation is 1. The minimum atomic E-state index is 0.708. The van der Waals surface area contributed by atoms with Crippen LogP contribution in [0.25, 0.3) is 11.2 Å². The van der Waals surface area contributed by atoms with Crippen LogP contribution in [-0.4, -0.2) is 22.1 Å². The summed E-state index contributed by atoms with van der Waals surface area (Å²) in [6.45, 7) is 2.05. The van der Waals surface area contributed by atoms with E-state index in [1.54, 1.807) is 13.3 Å². The fraction of sp³-hybridized carbons (Fsp3) is 0.200. The number of rotatable bonds is 3. The SMILES string of the molecule is COc1ccccc1Cc1nc2nccc(C)c2[nH]1. The van der Waals surface area contributed by atoms with Gasteiger partial charge >= 0.3 is 0 Å². The second kappa shape index (κ2) is 4.72. The average Bonchev–Trinajstić information content (AvgIpc) is 2.83. The van der Waals surface area contributed by atoms with E-state index in [1.165, 1.54) is 0 Å². The van der Waals surface area contributed by atoms with Crippen LogP contribution in [0.1, 0.15) is 17.0 Å². The minimum Gasteiger partial charge on any atom is -0.496 e. The van der Waals surface area contributed by atoms with Gasteiger partial charge in [-0.3, -0.25) is 0 Å². The standard InChI is InChI=1S/C15H15N3O/c1-10-7-8-16-15-14(10)17-13(18-15)9-11-5-3-4-6-12(11)19-2/h3-8H,9H2,1-2H3,(H,16,17,18). The van der Waals surface area contributed by atoms with Gasteiger partial charge in [-0.15, -0.1) is 0 Å². The number of aromatic amines is 1. The fourth-order valence-corrected chi connectivity index (χ4v) is 2.20. The van der Waals surface area contributed by atoms with Crippen molar-refractivity contribution in [3.8, 4) is 5.75 Å². The third-order valence-electron chi connectivity index (χ3n) is 3.20. The van der Waals surface area contributed by atoms with Crippen molar-refractivity contribution in [2.75, 3.05) is 7.11 Å². The molecule has 3 aromatic rings. The molecule has 96 valence electrons. The van der Waals surface area contributed by atoms with Crippen LogP contribution in [0.5, 0.6) is 5.75 Å². The van der Waals surface area contributed by atoms with E-state index >= 15 is 0 Å². The summed E-state index contributed by atoms with van der Waals surface area (Å²) in [6.07, 6.45) is 2.49. The summed E-state index contributed by atoms with van der Waals surface area (Å²) < 4.78 is 5.36. The Morgan fingerprint density at radius 3 is 2.84 bits per heavy atom. The van der Waals surface area contributed by atoms with Crippen molar-refractivity contribution in [1.82, 2.24) is 15.0 Å². The summed E-state index contributed by atoms with van der Waals surface area (Å²) in [5.41, 5.74) is 4.04. The fourth-order valence-electron chi connectivity index (χ4n) is 2.20. The van der Waals surface area contributed by atoms with E-state index in [0.29, 0.717) is 6.42 Å². The van der Waals surface area contributed by atoms with E-state index in [0.717, 1.165) is 33.9 Å². The van der Waals surface area contributed by atoms with Gasteiger partial charge in [0, 0.05) is 18.2 Å². The summed E-state index contributed by atoms with van der Waals surface area (Å²) in [5.74, 6) is 1.79. The summed E-state index contributed by atoms with van der Waals surface area (Å²) >= 11 is 0. The number of methoxy groups -OCH3 is 1. The van der Waals surface area contributed by atoms with Crippen LogP contribution < -0.4 is 4.74 Å². The van der Waals surface area contributed by atoms with Crippen molar-refractivity contribution in [2.24, 2.45) is 0 Å². The maximum absolute atomic E-state index is 5.36. The second-order valence-electron chi connectivity index (χ2n) is 4.50. The largest absolute Gasteiger partial charge is 0.496 e. The van der Waals surface area contributed by atoms with Crippen molar-refractivity contribution in [2.45, 2.75) is 13.3 Å². The molecule has 1 N–H and O–H groups in total. The lowest BCUT2D eigenvalue weighted by Gasteiger charge is -2.05. The number of hydrogen-bond acceptors (Lipinski definition) is 3. The van der Waals surface area contributed by atoms with Crippen molar-refractivity contribution in [3.63, 3.8) is 0 Å². The van der Waals surface area contributed by atoms with Gasteiger partial charge in [0.15, 0.2) is 5.65 Å². The zero-order valence-electron chi connectivity index (χ0n) is 11.0. The van der Waals surface area contributed by atoms with Crippen molar-refractivity contribution in [3.05, 3.63) is 53.5 Å². The van der Waals surface area contributed by atoms with Crippen LogP contribution in [0.3, 0.4) is 0 Å². The van der Waals surface area contributed by atoms with Crippen molar-refractivity contribution in [1.29, 1.82) is 0 Å². The van der Waals surface area contributed by atoms with Gasteiger partial charge < -0.3 is 9.72 Å². The average molecular weight is 253 g/mol. The molecular formula is C15H15N3O. The van der Waals surface area contributed by atoms with Crippen LogP contribution in [0.15, 0.2) is 36.5 Å². The first kappa shape index (κ1) is 11.7. The van der Waals surface area contributed by atoms with Gasteiger partial charge in [0.1, 0.15) is 11.6 Å². The van der Waals surface area contributed by atoms with Crippen LogP contribution in [-0.2, 0) is 6.42 Å². The maximum Gasteiger partial charge on any atom is 0.177 e. The molecule has 0 bridgehead atoms. The Balaban J connectivity index is 1.99. The van der Waals surface area contributed by atoms with Gasteiger partial charge in [0.05, 0.1) is 12.6 Å². The Labute approximate surface area is 111 Å². The molecule has 19 heavy (non-hydrogen) atoms. The molecule has 0 saturated heterocycles.